The van der Waals surface area contributed by atoms with Crippen LogP contribution in [-0.4, -0.2) is 33.9 Å². The molecule has 1 amide bonds. The van der Waals surface area contributed by atoms with Gasteiger partial charge in [-0.2, -0.15) is 0 Å². The maximum Gasteiger partial charge on any atom is 0.246 e. The van der Waals surface area contributed by atoms with Crippen LogP contribution in [0.25, 0.3) is 0 Å². The van der Waals surface area contributed by atoms with Crippen LogP contribution in [0.5, 0.6) is 11.5 Å². The van der Waals surface area contributed by atoms with E-state index in [9.17, 15) is 4.79 Å². The van der Waals surface area contributed by atoms with Gasteiger partial charge in [-0.3, -0.25) is 4.79 Å². The summed E-state index contributed by atoms with van der Waals surface area (Å²) in [6.07, 6.45) is 2.24. The number of nitrogens with one attached hydrogen (secondary N) is 1. The molecule has 1 aromatic heterocycles. The molecule has 110 valence electrons. The number of fused-ring (bicyclic) bond motifs is 1. The third-order valence-corrected chi connectivity index (χ3v) is 2.89. The minimum Gasteiger partial charge on any atom is -0.490 e. The van der Waals surface area contributed by atoms with Gasteiger partial charge in [-0.05, 0) is 12.1 Å². The highest BCUT2D eigenvalue weighted by molar-refractivity contribution is 5.90. The molecule has 21 heavy (non-hydrogen) atoms. The normalized spacial score (nSPS) is 13.5. The maximum absolute atomic E-state index is 11.9. The summed E-state index contributed by atoms with van der Waals surface area (Å²) in [4.78, 5) is 15.7. The topological polar surface area (TPSA) is 104 Å². The number of hydrogen-bond donors (Lipinski definition) is 2. The molecule has 0 atom stereocenters. The maximum atomic E-state index is 11.9. The van der Waals surface area contributed by atoms with Crippen molar-refractivity contribution < 1.29 is 14.3 Å². The second-order valence-corrected chi connectivity index (χ2v) is 4.56. The quantitative estimate of drug-likeness (QED) is 0.860. The van der Waals surface area contributed by atoms with Crippen LogP contribution in [-0.2, 0) is 11.3 Å². The van der Waals surface area contributed by atoms with E-state index in [1.807, 2.05) is 0 Å². The lowest BCUT2D eigenvalue weighted by Crippen LogP contribution is -2.19. The molecular weight excluding hydrogens is 274 g/mol. The van der Waals surface area contributed by atoms with Gasteiger partial charge >= 0.3 is 0 Å². The van der Waals surface area contributed by atoms with Crippen LogP contribution in [0.1, 0.15) is 6.42 Å². The standard InChI is InChI=1S/C13H15N5O3/c14-13-15-8-18(17-13)7-12(19)16-9-2-3-10-11(6-9)21-5-1-4-20-10/h2-3,6,8H,1,4-5,7H2,(H2,14,17)(H,16,19). The molecule has 8 heteroatoms. The summed E-state index contributed by atoms with van der Waals surface area (Å²) >= 11 is 0. The van der Waals surface area contributed by atoms with Crippen molar-refractivity contribution in [3.8, 4) is 11.5 Å². The molecule has 0 saturated heterocycles. The first-order valence-electron chi connectivity index (χ1n) is 6.55. The molecule has 1 aliphatic rings. The van der Waals surface area contributed by atoms with E-state index >= 15 is 0 Å². The molecule has 1 aromatic carbocycles. The monoisotopic (exact) mass is 289 g/mol. The van der Waals surface area contributed by atoms with Crippen molar-refractivity contribution in [2.45, 2.75) is 13.0 Å². The van der Waals surface area contributed by atoms with E-state index in [1.54, 1.807) is 18.2 Å². The van der Waals surface area contributed by atoms with Crippen LogP contribution in [0, 0.1) is 0 Å². The van der Waals surface area contributed by atoms with Crippen molar-refractivity contribution in [3.05, 3.63) is 24.5 Å². The zero-order chi connectivity index (χ0) is 14.7. The predicted molar refractivity (Wildman–Crippen MR) is 75.1 cm³/mol. The number of carbonyl (C=O) groups is 1. The molecule has 0 unspecified atom stereocenters. The van der Waals surface area contributed by atoms with Crippen molar-refractivity contribution in [2.24, 2.45) is 0 Å². The molecule has 3 N–H and O–H groups in total. The lowest BCUT2D eigenvalue weighted by atomic mass is 10.2. The van der Waals surface area contributed by atoms with E-state index in [1.165, 1.54) is 11.0 Å². The molecule has 0 fully saturated rings. The van der Waals surface area contributed by atoms with Gasteiger partial charge in [-0.1, -0.05) is 0 Å². The number of ether oxygens (including phenoxy) is 2. The minimum atomic E-state index is -0.227. The highest BCUT2D eigenvalue weighted by Crippen LogP contribution is 2.32. The van der Waals surface area contributed by atoms with E-state index in [4.69, 9.17) is 15.2 Å². The summed E-state index contributed by atoms with van der Waals surface area (Å²) in [5.41, 5.74) is 6.03. The van der Waals surface area contributed by atoms with Crippen molar-refractivity contribution in [3.63, 3.8) is 0 Å². The summed E-state index contributed by atoms with van der Waals surface area (Å²) in [6, 6.07) is 5.29. The number of nitrogens with two attached hydrogens (primary N) is 1. The van der Waals surface area contributed by atoms with Gasteiger partial charge in [0.25, 0.3) is 0 Å². The Morgan fingerprint density at radius 3 is 2.90 bits per heavy atom. The fourth-order valence-electron chi connectivity index (χ4n) is 1.97. The first kappa shape index (κ1) is 13.2. The van der Waals surface area contributed by atoms with Crippen LogP contribution in [0.2, 0.25) is 0 Å². The SMILES string of the molecule is Nc1ncn(CC(=O)Nc2ccc3c(c2)OCCCO3)n1. The Morgan fingerprint density at radius 1 is 1.33 bits per heavy atom. The van der Waals surface area contributed by atoms with Crippen molar-refractivity contribution in [2.75, 3.05) is 24.3 Å². The third kappa shape index (κ3) is 3.22. The average molecular weight is 289 g/mol. The Hall–Kier alpha value is -2.77. The lowest BCUT2D eigenvalue weighted by Gasteiger charge is -2.10. The molecule has 0 radical (unpaired) electrons. The Morgan fingerprint density at radius 2 is 2.14 bits per heavy atom. The van der Waals surface area contributed by atoms with Crippen molar-refractivity contribution in [1.82, 2.24) is 14.8 Å². The first-order valence-corrected chi connectivity index (χ1v) is 6.55. The Kier molecular flexibility index (Phi) is 3.59. The number of hydrogen-bond acceptors (Lipinski definition) is 6. The number of rotatable bonds is 3. The van der Waals surface area contributed by atoms with Crippen LogP contribution in [0.3, 0.4) is 0 Å². The van der Waals surface area contributed by atoms with Crippen LogP contribution < -0.4 is 20.5 Å². The molecule has 3 rings (SSSR count). The van der Waals surface area contributed by atoms with Gasteiger partial charge < -0.3 is 20.5 Å². The molecule has 8 nitrogen and oxygen atoms in total. The van der Waals surface area contributed by atoms with E-state index in [2.05, 4.69) is 15.4 Å². The van der Waals surface area contributed by atoms with Crippen molar-refractivity contribution >= 4 is 17.5 Å². The van der Waals surface area contributed by atoms with Gasteiger partial charge in [-0.25, -0.2) is 9.67 Å². The highest BCUT2D eigenvalue weighted by atomic mass is 16.5. The fraction of sp³-hybridized carbons (Fsp3) is 0.308. The molecule has 0 aliphatic carbocycles. The van der Waals surface area contributed by atoms with Crippen molar-refractivity contribution in [1.29, 1.82) is 0 Å². The number of nitrogens with zero attached hydrogens (tertiary/aromatic N) is 3. The third-order valence-electron chi connectivity index (χ3n) is 2.89. The van der Waals surface area contributed by atoms with Crippen LogP contribution >= 0.6 is 0 Å². The highest BCUT2D eigenvalue weighted by Gasteiger charge is 2.12. The predicted octanol–water partition coefficient (Wildman–Crippen LogP) is 0.660. The van der Waals surface area contributed by atoms with Crippen LogP contribution in [0.4, 0.5) is 11.6 Å². The lowest BCUT2D eigenvalue weighted by molar-refractivity contribution is -0.116. The summed E-state index contributed by atoms with van der Waals surface area (Å²) < 4.78 is 12.5. The molecule has 0 spiro atoms. The largest absolute Gasteiger partial charge is 0.490 e. The fourth-order valence-corrected chi connectivity index (χ4v) is 1.97. The molecular formula is C13H15N5O3. The van der Waals surface area contributed by atoms with E-state index in [0.717, 1.165) is 6.42 Å². The smallest absolute Gasteiger partial charge is 0.246 e. The molecule has 0 saturated carbocycles. The summed E-state index contributed by atoms with van der Waals surface area (Å²) in [5, 5.41) is 6.62. The number of amides is 1. The van der Waals surface area contributed by atoms with Gasteiger partial charge in [0, 0.05) is 18.2 Å². The van der Waals surface area contributed by atoms with Gasteiger partial charge in [0.05, 0.1) is 13.2 Å². The summed E-state index contributed by atoms with van der Waals surface area (Å²) in [5.74, 6) is 1.23. The molecule has 0 bridgehead atoms. The Labute approximate surface area is 120 Å². The van der Waals surface area contributed by atoms with E-state index in [-0.39, 0.29) is 18.4 Å². The summed E-state index contributed by atoms with van der Waals surface area (Å²) in [7, 11) is 0. The van der Waals surface area contributed by atoms with Gasteiger partial charge in [0.1, 0.15) is 12.9 Å². The summed E-state index contributed by atoms with van der Waals surface area (Å²) in [6.45, 7) is 1.27. The number of anilines is 2. The van der Waals surface area contributed by atoms with Gasteiger partial charge in [0.15, 0.2) is 11.5 Å². The number of nitrogen functional groups attached to an aromatic ring is 1. The minimum absolute atomic E-state index is 0.0403. The van der Waals surface area contributed by atoms with Gasteiger partial charge in [0.2, 0.25) is 11.9 Å². The van der Waals surface area contributed by atoms with Gasteiger partial charge in [-0.15, -0.1) is 5.10 Å². The average Bonchev–Trinajstić information content (AvgIpc) is 2.73. The second kappa shape index (κ2) is 5.70. The van der Waals surface area contributed by atoms with E-state index < -0.39 is 0 Å². The number of aromatic nitrogens is 3. The number of carbonyl (C=O) groups excluding carboxylic acids is 1. The molecule has 2 aromatic rings. The van der Waals surface area contributed by atoms with Crippen LogP contribution in [0.15, 0.2) is 24.5 Å². The molecule has 1 aliphatic heterocycles. The number of benzene rings is 1. The Bertz CT molecular complexity index is 655. The zero-order valence-electron chi connectivity index (χ0n) is 11.3. The van der Waals surface area contributed by atoms with E-state index in [0.29, 0.717) is 30.4 Å². The first-order chi connectivity index (χ1) is 10.2. The zero-order valence-corrected chi connectivity index (χ0v) is 11.3. The Balaban J connectivity index is 1.67. The second-order valence-electron chi connectivity index (χ2n) is 4.56. The molecule has 2 heterocycles.